The molecular formula is C16H13NO4. The number of hydrogen-bond donors (Lipinski definition) is 0. The minimum atomic E-state index is -0.524. The van der Waals surface area contributed by atoms with E-state index in [4.69, 9.17) is 4.74 Å². The van der Waals surface area contributed by atoms with Gasteiger partial charge in [0, 0.05) is 6.07 Å². The van der Waals surface area contributed by atoms with E-state index in [1.165, 1.54) is 6.07 Å². The third-order valence-corrected chi connectivity index (χ3v) is 2.93. The predicted molar refractivity (Wildman–Crippen MR) is 78.7 cm³/mol. The molecule has 0 bridgehead atoms. The van der Waals surface area contributed by atoms with Crippen LogP contribution < -0.4 is 0 Å². The fourth-order valence-electron chi connectivity index (χ4n) is 1.79. The molecule has 0 saturated carbocycles. The predicted octanol–water partition coefficient (Wildman–Crippen LogP) is 3.59. The Morgan fingerprint density at radius 2 is 1.86 bits per heavy atom. The number of benzene rings is 2. The first-order valence-electron chi connectivity index (χ1n) is 6.23. The molecule has 21 heavy (non-hydrogen) atoms. The number of hydrogen-bond acceptors (Lipinski definition) is 4. The first-order valence-corrected chi connectivity index (χ1v) is 6.23. The summed E-state index contributed by atoms with van der Waals surface area (Å²) >= 11 is 0. The molecule has 0 unspecified atom stereocenters. The second-order valence-electron chi connectivity index (χ2n) is 4.29. The maximum atomic E-state index is 11.9. The number of rotatable bonds is 5. The van der Waals surface area contributed by atoms with Crippen LogP contribution in [0.15, 0.2) is 55.1 Å². The molecule has 0 heterocycles. The van der Waals surface area contributed by atoms with E-state index >= 15 is 0 Å². The zero-order valence-corrected chi connectivity index (χ0v) is 11.2. The monoisotopic (exact) mass is 283 g/mol. The highest BCUT2D eigenvalue weighted by Gasteiger charge is 2.14. The van der Waals surface area contributed by atoms with Gasteiger partial charge in [0.15, 0.2) is 0 Å². The van der Waals surface area contributed by atoms with Gasteiger partial charge in [-0.15, -0.1) is 0 Å². The Morgan fingerprint density at radius 1 is 1.19 bits per heavy atom. The first-order chi connectivity index (χ1) is 10.1. The number of carbonyl (C=O) groups is 1. The van der Waals surface area contributed by atoms with Crippen LogP contribution in [0.3, 0.4) is 0 Å². The highest BCUT2D eigenvalue weighted by molar-refractivity contribution is 5.89. The van der Waals surface area contributed by atoms with Crippen molar-refractivity contribution >= 4 is 17.7 Å². The molecule has 0 radical (unpaired) electrons. The average Bonchev–Trinajstić information content (AvgIpc) is 2.52. The van der Waals surface area contributed by atoms with Gasteiger partial charge in [-0.25, -0.2) is 4.79 Å². The van der Waals surface area contributed by atoms with Gasteiger partial charge >= 0.3 is 5.97 Å². The molecule has 0 spiro atoms. The van der Waals surface area contributed by atoms with E-state index in [1.807, 2.05) is 0 Å². The Kier molecular flexibility index (Phi) is 4.46. The van der Waals surface area contributed by atoms with Gasteiger partial charge in [0.2, 0.25) is 0 Å². The van der Waals surface area contributed by atoms with Crippen molar-refractivity contribution in [3.8, 4) is 0 Å². The fourth-order valence-corrected chi connectivity index (χ4v) is 1.79. The number of ether oxygens (including phenoxy) is 1. The Morgan fingerprint density at radius 3 is 2.48 bits per heavy atom. The van der Waals surface area contributed by atoms with Gasteiger partial charge in [0.25, 0.3) is 5.69 Å². The molecule has 0 saturated heterocycles. The van der Waals surface area contributed by atoms with Gasteiger partial charge in [-0.05, 0) is 23.8 Å². The van der Waals surface area contributed by atoms with Crippen LogP contribution in [-0.2, 0) is 11.3 Å². The minimum absolute atomic E-state index is 0.0627. The summed E-state index contributed by atoms with van der Waals surface area (Å²) in [5.74, 6) is -0.524. The lowest BCUT2D eigenvalue weighted by atomic mass is 10.1. The van der Waals surface area contributed by atoms with E-state index in [0.29, 0.717) is 11.1 Å². The molecule has 5 nitrogen and oxygen atoms in total. The summed E-state index contributed by atoms with van der Waals surface area (Å²) < 4.78 is 5.11. The van der Waals surface area contributed by atoms with Crippen LogP contribution in [0.5, 0.6) is 0 Å². The highest BCUT2D eigenvalue weighted by atomic mass is 16.6. The smallest absolute Gasteiger partial charge is 0.338 e. The molecule has 0 aliphatic heterocycles. The fraction of sp³-hybridized carbons (Fsp3) is 0.0625. The Bertz CT molecular complexity index is 677. The van der Waals surface area contributed by atoms with E-state index in [0.717, 1.165) is 5.56 Å². The van der Waals surface area contributed by atoms with Crippen molar-refractivity contribution in [3.05, 3.63) is 81.9 Å². The van der Waals surface area contributed by atoms with Crippen molar-refractivity contribution in [2.24, 2.45) is 0 Å². The van der Waals surface area contributed by atoms with Crippen molar-refractivity contribution in [1.82, 2.24) is 0 Å². The van der Waals surface area contributed by atoms with Crippen LogP contribution in [0.4, 0.5) is 5.69 Å². The number of nitro groups is 1. The van der Waals surface area contributed by atoms with E-state index in [1.54, 1.807) is 48.5 Å². The topological polar surface area (TPSA) is 69.4 Å². The minimum Gasteiger partial charge on any atom is -0.457 e. The van der Waals surface area contributed by atoms with Gasteiger partial charge < -0.3 is 4.74 Å². The quantitative estimate of drug-likeness (QED) is 0.477. The maximum Gasteiger partial charge on any atom is 0.338 e. The molecule has 0 atom stereocenters. The zero-order chi connectivity index (χ0) is 15.2. The van der Waals surface area contributed by atoms with Crippen molar-refractivity contribution < 1.29 is 14.5 Å². The third-order valence-electron chi connectivity index (χ3n) is 2.93. The summed E-state index contributed by atoms with van der Waals surface area (Å²) in [7, 11) is 0. The summed E-state index contributed by atoms with van der Waals surface area (Å²) in [5.41, 5.74) is 1.58. The second kappa shape index (κ2) is 6.47. The highest BCUT2D eigenvalue weighted by Crippen LogP contribution is 2.19. The van der Waals surface area contributed by atoms with Crippen LogP contribution >= 0.6 is 0 Å². The summed E-state index contributed by atoms with van der Waals surface area (Å²) in [6.07, 6.45) is 1.67. The third kappa shape index (κ3) is 3.54. The van der Waals surface area contributed by atoms with E-state index < -0.39 is 10.9 Å². The Labute approximate surface area is 121 Å². The van der Waals surface area contributed by atoms with Crippen molar-refractivity contribution in [2.45, 2.75) is 6.61 Å². The molecule has 106 valence electrons. The molecule has 0 N–H and O–H groups in total. The standard InChI is InChI=1S/C16H13NO4/c1-2-12-7-9-13(10-8-12)16(18)21-11-14-5-3-4-6-15(14)17(19)20/h2-10H,1,11H2. The lowest BCUT2D eigenvalue weighted by Gasteiger charge is -2.06. The number of carbonyl (C=O) groups excluding carboxylic acids is 1. The summed E-state index contributed by atoms with van der Waals surface area (Å²) in [6, 6.07) is 12.9. The SMILES string of the molecule is C=Cc1ccc(C(=O)OCc2ccccc2[N+](=O)[O-])cc1. The molecule has 2 rings (SSSR count). The Hall–Kier alpha value is -2.95. The average molecular weight is 283 g/mol. The largest absolute Gasteiger partial charge is 0.457 e. The van der Waals surface area contributed by atoms with Crippen molar-refractivity contribution in [1.29, 1.82) is 0 Å². The number of para-hydroxylation sites is 1. The maximum absolute atomic E-state index is 11.9. The number of esters is 1. The molecule has 2 aromatic carbocycles. The summed E-state index contributed by atoms with van der Waals surface area (Å²) in [4.78, 5) is 22.2. The van der Waals surface area contributed by atoms with Gasteiger partial charge in [-0.1, -0.05) is 36.9 Å². The molecule has 0 aliphatic rings. The van der Waals surface area contributed by atoms with Crippen LogP contribution in [-0.4, -0.2) is 10.9 Å². The van der Waals surface area contributed by atoms with E-state index in [2.05, 4.69) is 6.58 Å². The van der Waals surface area contributed by atoms with Crippen molar-refractivity contribution in [2.75, 3.05) is 0 Å². The number of nitro benzene ring substituents is 1. The van der Waals surface area contributed by atoms with Gasteiger partial charge in [-0.3, -0.25) is 10.1 Å². The molecule has 0 aliphatic carbocycles. The van der Waals surface area contributed by atoms with Gasteiger partial charge in [0.05, 0.1) is 16.1 Å². The summed E-state index contributed by atoms with van der Waals surface area (Å²) in [6.45, 7) is 3.49. The molecule has 2 aromatic rings. The van der Waals surface area contributed by atoms with Gasteiger partial charge in [0.1, 0.15) is 6.61 Å². The molecule has 5 heteroatoms. The van der Waals surface area contributed by atoms with E-state index in [-0.39, 0.29) is 12.3 Å². The van der Waals surface area contributed by atoms with Crippen LogP contribution in [0.1, 0.15) is 21.5 Å². The summed E-state index contributed by atoms with van der Waals surface area (Å²) in [5, 5.41) is 10.9. The number of nitrogens with zero attached hydrogens (tertiary/aromatic N) is 1. The van der Waals surface area contributed by atoms with Crippen molar-refractivity contribution in [3.63, 3.8) is 0 Å². The molecule has 0 aromatic heterocycles. The van der Waals surface area contributed by atoms with Crippen LogP contribution in [0.2, 0.25) is 0 Å². The van der Waals surface area contributed by atoms with Gasteiger partial charge in [-0.2, -0.15) is 0 Å². The second-order valence-corrected chi connectivity index (χ2v) is 4.29. The zero-order valence-electron chi connectivity index (χ0n) is 11.2. The van der Waals surface area contributed by atoms with Crippen LogP contribution in [0, 0.1) is 10.1 Å². The molecular weight excluding hydrogens is 270 g/mol. The van der Waals surface area contributed by atoms with E-state index in [9.17, 15) is 14.9 Å². The lowest BCUT2D eigenvalue weighted by Crippen LogP contribution is -2.06. The normalized spacial score (nSPS) is 9.90. The Balaban J connectivity index is 2.07. The lowest BCUT2D eigenvalue weighted by molar-refractivity contribution is -0.385. The van der Waals surface area contributed by atoms with Crippen LogP contribution in [0.25, 0.3) is 6.08 Å². The molecule has 0 amide bonds. The molecule has 0 fully saturated rings. The first kappa shape index (κ1) is 14.5.